The number of hydrogen-bond acceptors (Lipinski definition) is 2. The van der Waals surface area contributed by atoms with Gasteiger partial charge in [-0.25, -0.2) is 0 Å². The second-order valence-corrected chi connectivity index (χ2v) is 6.48. The van der Waals surface area contributed by atoms with Crippen LogP contribution >= 0.6 is 11.6 Å². The second kappa shape index (κ2) is 5.88. The van der Waals surface area contributed by atoms with Gasteiger partial charge in [-0.15, -0.1) is 0 Å². The molecule has 23 heavy (non-hydrogen) atoms. The molecular weight excluding hydrogens is 306 g/mol. The van der Waals surface area contributed by atoms with Crippen LogP contribution < -0.4 is 0 Å². The molecule has 0 unspecified atom stereocenters. The van der Waals surface area contributed by atoms with E-state index in [2.05, 4.69) is 41.3 Å². The molecule has 0 aliphatic carbocycles. The van der Waals surface area contributed by atoms with Crippen LogP contribution in [0.15, 0.2) is 60.2 Å². The van der Waals surface area contributed by atoms with Gasteiger partial charge >= 0.3 is 0 Å². The van der Waals surface area contributed by atoms with E-state index in [9.17, 15) is 5.11 Å². The Bertz CT molecular complexity index is 808. The van der Waals surface area contributed by atoms with E-state index in [1.165, 1.54) is 16.7 Å². The Morgan fingerprint density at radius 1 is 1.09 bits per heavy atom. The lowest BCUT2D eigenvalue weighted by molar-refractivity contribution is 0.329. The highest BCUT2D eigenvalue weighted by Gasteiger charge is 2.27. The Labute approximate surface area is 141 Å². The molecule has 4 rings (SSSR count). The second-order valence-electron chi connectivity index (χ2n) is 6.04. The largest absolute Gasteiger partial charge is 0.392 e. The van der Waals surface area contributed by atoms with Gasteiger partial charge in [0.05, 0.1) is 12.3 Å². The predicted molar refractivity (Wildman–Crippen MR) is 95.2 cm³/mol. The van der Waals surface area contributed by atoms with Crippen molar-refractivity contribution in [2.45, 2.75) is 6.42 Å². The van der Waals surface area contributed by atoms with Gasteiger partial charge in [0.2, 0.25) is 0 Å². The van der Waals surface area contributed by atoms with Gasteiger partial charge in [0.1, 0.15) is 0 Å². The summed E-state index contributed by atoms with van der Waals surface area (Å²) in [5.41, 5.74) is 7.05. The minimum absolute atomic E-state index is 0.0358. The zero-order chi connectivity index (χ0) is 15.8. The van der Waals surface area contributed by atoms with Gasteiger partial charge in [-0.1, -0.05) is 48.0 Å². The van der Waals surface area contributed by atoms with Gasteiger partial charge in [-0.05, 0) is 41.3 Å². The molecule has 0 spiro atoms. The van der Waals surface area contributed by atoms with Crippen molar-refractivity contribution in [3.05, 3.63) is 81.9 Å². The first-order valence-electron chi connectivity index (χ1n) is 7.90. The van der Waals surface area contributed by atoms with E-state index in [1.807, 2.05) is 18.2 Å². The molecule has 2 aliphatic heterocycles. The molecule has 1 N–H and O–H groups in total. The van der Waals surface area contributed by atoms with Crippen LogP contribution in [-0.4, -0.2) is 29.7 Å². The van der Waals surface area contributed by atoms with Crippen LogP contribution in [0.1, 0.15) is 16.7 Å². The summed E-state index contributed by atoms with van der Waals surface area (Å²) in [7, 11) is 0. The predicted octanol–water partition coefficient (Wildman–Crippen LogP) is 4.00. The summed E-state index contributed by atoms with van der Waals surface area (Å²) in [6, 6.07) is 16.5. The summed E-state index contributed by atoms with van der Waals surface area (Å²) >= 11 is 6.20. The molecule has 0 saturated carbocycles. The third-order valence-corrected chi connectivity index (χ3v) is 4.86. The van der Waals surface area contributed by atoms with Crippen LogP contribution in [0.3, 0.4) is 0 Å². The molecule has 2 heterocycles. The van der Waals surface area contributed by atoms with Crippen LogP contribution in [-0.2, 0) is 6.42 Å². The van der Waals surface area contributed by atoms with Gasteiger partial charge in [-0.3, -0.25) is 0 Å². The first kappa shape index (κ1) is 14.6. The number of rotatable bonds is 2. The number of halogens is 1. The van der Waals surface area contributed by atoms with Crippen molar-refractivity contribution in [1.29, 1.82) is 0 Å². The van der Waals surface area contributed by atoms with Crippen molar-refractivity contribution < 1.29 is 5.11 Å². The van der Waals surface area contributed by atoms with Crippen LogP contribution in [0.2, 0.25) is 5.02 Å². The summed E-state index contributed by atoms with van der Waals surface area (Å²) in [6.07, 6.45) is 3.15. The molecule has 116 valence electrons. The molecule has 2 aromatic rings. The number of hydrogen-bond donors (Lipinski definition) is 1. The van der Waals surface area contributed by atoms with Gasteiger partial charge in [0.15, 0.2) is 0 Å². The highest BCUT2D eigenvalue weighted by Crippen LogP contribution is 2.38. The van der Waals surface area contributed by atoms with Crippen LogP contribution in [0, 0.1) is 0 Å². The van der Waals surface area contributed by atoms with E-state index >= 15 is 0 Å². The highest BCUT2D eigenvalue weighted by molar-refractivity contribution is 6.30. The zero-order valence-electron chi connectivity index (χ0n) is 12.8. The SMILES string of the molecule is OCC1=C2c3cc(Cl)ccc3CCN2CC(c2ccccc2)=C1. The van der Waals surface area contributed by atoms with Gasteiger partial charge in [0.25, 0.3) is 0 Å². The summed E-state index contributed by atoms with van der Waals surface area (Å²) in [5, 5.41) is 10.7. The maximum Gasteiger partial charge on any atom is 0.0702 e. The summed E-state index contributed by atoms with van der Waals surface area (Å²) in [6.45, 7) is 1.88. The van der Waals surface area contributed by atoms with Crippen molar-refractivity contribution in [3.8, 4) is 0 Å². The van der Waals surface area contributed by atoms with Crippen molar-refractivity contribution in [2.24, 2.45) is 0 Å². The highest BCUT2D eigenvalue weighted by atomic mass is 35.5. The molecule has 3 heteroatoms. The lowest BCUT2D eigenvalue weighted by Gasteiger charge is -2.38. The first-order valence-corrected chi connectivity index (χ1v) is 8.28. The van der Waals surface area contributed by atoms with E-state index in [0.717, 1.165) is 41.4 Å². The Kier molecular flexibility index (Phi) is 3.72. The van der Waals surface area contributed by atoms with Crippen molar-refractivity contribution in [1.82, 2.24) is 4.90 Å². The lowest BCUT2D eigenvalue weighted by atomic mass is 9.89. The van der Waals surface area contributed by atoms with Gasteiger partial charge in [-0.2, -0.15) is 0 Å². The minimum atomic E-state index is 0.0358. The van der Waals surface area contributed by atoms with E-state index in [-0.39, 0.29) is 6.61 Å². The number of nitrogens with zero attached hydrogens (tertiary/aromatic N) is 1. The lowest BCUT2D eigenvalue weighted by Crippen LogP contribution is -2.34. The van der Waals surface area contributed by atoms with Crippen molar-refractivity contribution in [3.63, 3.8) is 0 Å². The Morgan fingerprint density at radius 3 is 2.70 bits per heavy atom. The van der Waals surface area contributed by atoms with Crippen LogP contribution in [0.25, 0.3) is 11.3 Å². The summed E-state index contributed by atoms with van der Waals surface area (Å²) in [4.78, 5) is 2.37. The molecule has 0 fully saturated rings. The minimum Gasteiger partial charge on any atom is -0.392 e. The summed E-state index contributed by atoms with van der Waals surface area (Å²) < 4.78 is 0. The van der Waals surface area contributed by atoms with E-state index < -0.39 is 0 Å². The smallest absolute Gasteiger partial charge is 0.0702 e. The standard InChI is InChI=1S/C20H18ClNO/c21-18-7-6-15-8-9-22-12-16(14-4-2-1-3-5-14)10-17(13-23)20(22)19(15)11-18/h1-7,10-11,23H,8-9,12-13H2. The van der Waals surface area contributed by atoms with Gasteiger partial charge < -0.3 is 10.0 Å². The van der Waals surface area contributed by atoms with Crippen molar-refractivity contribution in [2.75, 3.05) is 19.7 Å². The maximum absolute atomic E-state index is 9.93. The van der Waals surface area contributed by atoms with E-state index in [1.54, 1.807) is 0 Å². The molecule has 0 amide bonds. The number of fused-ring (bicyclic) bond motifs is 3. The molecule has 0 radical (unpaired) electrons. The normalized spacial score (nSPS) is 16.8. The fraction of sp³-hybridized carbons (Fsp3) is 0.200. The first-order chi connectivity index (χ1) is 11.3. The molecule has 0 saturated heterocycles. The summed E-state index contributed by atoms with van der Waals surface area (Å²) in [5.74, 6) is 0. The molecular formula is C20H18ClNO. The Hall–Kier alpha value is -2.03. The molecule has 2 aromatic carbocycles. The average molecular weight is 324 g/mol. The van der Waals surface area contributed by atoms with Crippen LogP contribution in [0.5, 0.6) is 0 Å². The molecule has 2 nitrogen and oxygen atoms in total. The van der Waals surface area contributed by atoms with Gasteiger partial charge in [0, 0.05) is 29.2 Å². The number of benzene rings is 2. The van der Waals surface area contributed by atoms with E-state index in [0.29, 0.717) is 0 Å². The quantitative estimate of drug-likeness (QED) is 0.903. The maximum atomic E-state index is 9.93. The van der Waals surface area contributed by atoms with Crippen molar-refractivity contribution >= 4 is 22.9 Å². The Balaban J connectivity index is 1.86. The topological polar surface area (TPSA) is 23.5 Å². The van der Waals surface area contributed by atoms with E-state index in [4.69, 9.17) is 11.6 Å². The Morgan fingerprint density at radius 2 is 1.91 bits per heavy atom. The molecule has 0 atom stereocenters. The monoisotopic (exact) mass is 323 g/mol. The number of aliphatic hydroxyl groups is 1. The third kappa shape index (κ3) is 2.58. The van der Waals surface area contributed by atoms with Crippen LogP contribution in [0.4, 0.5) is 0 Å². The fourth-order valence-electron chi connectivity index (χ4n) is 3.54. The zero-order valence-corrected chi connectivity index (χ0v) is 13.6. The third-order valence-electron chi connectivity index (χ3n) is 4.62. The molecule has 0 aromatic heterocycles. The average Bonchev–Trinajstić information content (AvgIpc) is 2.61. The molecule has 0 bridgehead atoms. The number of aliphatic hydroxyl groups excluding tert-OH is 1. The molecule has 2 aliphatic rings. The fourth-order valence-corrected chi connectivity index (χ4v) is 3.71.